The van der Waals surface area contributed by atoms with E-state index >= 15 is 0 Å². The van der Waals surface area contributed by atoms with Gasteiger partial charge in [0.15, 0.2) is 0 Å². The maximum atomic E-state index is 11.9. The van der Waals surface area contributed by atoms with Gasteiger partial charge in [0.05, 0.1) is 19.0 Å². The first-order valence-electron chi connectivity index (χ1n) is 8.11. The quantitative estimate of drug-likeness (QED) is 0.703. The Bertz CT molecular complexity index is 490. The predicted octanol–water partition coefficient (Wildman–Crippen LogP) is 0.980. The Kier molecular flexibility index (Phi) is 6.40. The number of rotatable bonds is 8. The lowest BCUT2D eigenvalue weighted by Gasteiger charge is -2.16. The molecule has 1 fully saturated rings. The van der Waals surface area contributed by atoms with Crippen molar-refractivity contribution in [3.05, 3.63) is 30.3 Å². The fraction of sp³-hybridized carbons (Fsp3) is 0.529. The molecule has 0 bridgehead atoms. The van der Waals surface area contributed by atoms with Crippen LogP contribution in [0.25, 0.3) is 0 Å². The van der Waals surface area contributed by atoms with Crippen LogP contribution in [-0.2, 0) is 9.59 Å². The third-order valence-corrected chi connectivity index (χ3v) is 3.94. The molecule has 5 heteroatoms. The molecular weight excluding hydrogens is 278 g/mol. The molecule has 1 aliphatic rings. The van der Waals surface area contributed by atoms with Crippen LogP contribution in [0.3, 0.4) is 0 Å². The number of amides is 2. The van der Waals surface area contributed by atoms with E-state index < -0.39 is 0 Å². The number of hydrogen-bond acceptors (Lipinski definition) is 2. The average molecular weight is 304 g/mol. The second-order valence-electron chi connectivity index (χ2n) is 5.96. The lowest BCUT2D eigenvalue weighted by molar-refractivity contribution is -0.685. The third-order valence-electron chi connectivity index (χ3n) is 3.94. The number of carbonyl (C=O) groups excluding carboxylic acids is 2. The number of quaternary nitrogens is 1. The van der Waals surface area contributed by atoms with Crippen LogP contribution in [0.5, 0.6) is 0 Å². The SMILES string of the molecule is C[C@H](CC(=O)Nc1ccccc1)[NH2+]CCCN1CCCC1=O. The summed E-state index contributed by atoms with van der Waals surface area (Å²) in [4.78, 5) is 25.4. The van der Waals surface area contributed by atoms with Crippen molar-refractivity contribution in [2.24, 2.45) is 0 Å². The highest BCUT2D eigenvalue weighted by Gasteiger charge is 2.19. The summed E-state index contributed by atoms with van der Waals surface area (Å²) in [6, 6.07) is 9.77. The molecule has 2 amide bonds. The molecule has 1 aromatic carbocycles. The lowest BCUT2D eigenvalue weighted by Crippen LogP contribution is -2.89. The first-order valence-corrected chi connectivity index (χ1v) is 8.11. The van der Waals surface area contributed by atoms with E-state index in [-0.39, 0.29) is 17.9 Å². The summed E-state index contributed by atoms with van der Waals surface area (Å²) in [5.74, 6) is 0.333. The van der Waals surface area contributed by atoms with Crippen LogP contribution < -0.4 is 10.6 Å². The Morgan fingerprint density at radius 1 is 1.36 bits per heavy atom. The van der Waals surface area contributed by atoms with Crippen molar-refractivity contribution in [1.82, 2.24) is 4.90 Å². The number of nitrogens with one attached hydrogen (secondary N) is 1. The van der Waals surface area contributed by atoms with Crippen molar-refractivity contribution in [2.45, 2.75) is 38.6 Å². The van der Waals surface area contributed by atoms with Gasteiger partial charge < -0.3 is 15.5 Å². The molecular formula is C17H26N3O2+. The summed E-state index contributed by atoms with van der Waals surface area (Å²) in [5, 5.41) is 5.09. The number of hydrogen-bond donors (Lipinski definition) is 2. The average Bonchev–Trinajstić information content (AvgIpc) is 2.90. The van der Waals surface area contributed by atoms with Crippen LogP contribution in [0.2, 0.25) is 0 Å². The molecule has 0 saturated carbocycles. The molecule has 0 spiro atoms. The zero-order valence-electron chi connectivity index (χ0n) is 13.3. The highest BCUT2D eigenvalue weighted by molar-refractivity contribution is 5.90. The Hall–Kier alpha value is -1.88. The summed E-state index contributed by atoms with van der Waals surface area (Å²) in [5.41, 5.74) is 0.840. The molecule has 1 aliphatic heterocycles. The first-order chi connectivity index (χ1) is 10.6. The molecule has 3 N–H and O–H groups in total. The second kappa shape index (κ2) is 8.54. The molecule has 0 aliphatic carbocycles. The molecule has 1 heterocycles. The second-order valence-corrected chi connectivity index (χ2v) is 5.96. The van der Waals surface area contributed by atoms with Crippen molar-refractivity contribution in [3.63, 3.8) is 0 Å². The Morgan fingerprint density at radius 3 is 2.82 bits per heavy atom. The van der Waals surface area contributed by atoms with E-state index in [9.17, 15) is 9.59 Å². The van der Waals surface area contributed by atoms with Crippen LogP contribution in [0.1, 0.15) is 32.6 Å². The molecule has 1 atom stereocenters. The molecule has 5 nitrogen and oxygen atoms in total. The first kappa shape index (κ1) is 16.5. The molecule has 2 rings (SSSR count). The molecule has 1 saturated heterocycles. The predicted molar refractivity (Wildman–Crippen MR) is 86.4 cm³/mol. The minimum Gasteiger partial charge on any atom is -0.344 e. The van der Waals surface area contributed by atoms with Crippen molar-refractivity contribution in [3.8, 4) is 0 Å². The van der Waals surface area contributed by atoms with Gasteiger partial charge in [0.25, 0.3) is 0 Å². The minimum absolute atomic E-state index is 0.0460. The molecule has 0 unspecified atom stereocenters. The molecule has 0 aromatic heterocycles. The van der Waals surface area contributed by atoms with E-state index in [1.807, 2.05) is 35.2 Å². The van der Waals surface area contributed by atoms with Crippen LogP contribution in [0, 0.1) is 0 Å². The van der Waals surface area contributed by atoms with Gasteiger partial charge in [-0.25, -0.2) is 0 Å². The summed E-state index contributed by atoms with van der Waals surface area (Å²) < 4.78 is 0. The van der Waals surface area contributed by atoms with Gasteiger partial charge in [-0.15, -0.1) is 0 Å². The maximum Gasteiger partial charge on any atom is 0.230 e. The standard InChI is InChI=1S/C17H25N3O2/c1-14(13-16(21)19-15-7-3-2-4-8-15)18-10-6-12-20-11-5-9-17(20)22/h2-4,7-8,14,18H,5-6,9-13H2,1H3,(H,19,21)/p+1/t14-/m1/s1. The van der Waals surface area contributed by atoms with Crippen molar-refractivity contribution >= 4 is 17.5 Å². The van der Waals surface area contributed by atoms with Crippen molar-refractivity contribution < 1.29 is 14.9 Å². The van der Waals surface area contributed by atoms with Gasteiger partial charge in [-0.2, -0.15) is 0 Å². The van der Waals surface area contributed by atoms with Gasteiger partial charge in [0.2, 0.25) is 11.8 Å². The summed E-state index contributed by atoms with van der Waals surface area (Å²) in [6.07, 6.45) is 3.19. The van der Waals surface area contributed by atoms with E-state index in [0.717, 1.165) is 38.2 Å². The van der Waals surface area contributed by atoms with Crippen LogP contribution in [-0.4, -0.2) is 42.4 Å². The van der Waals surface area contributed by atoms with E-state index in [4.69, 9.17) is 0 Å². The minimum atomic E-state index is 0.0460. The van der Waals surface area contributed by atoms with E-state index in [2.05, 4.69) is 17.6 Å². The van der Waals surface area contributed by atoms with Crippen LogP contribution in [0.15, 0.2) is 30.3 Å². The van der Waals surface area contributed by atoms with E-state index in [1.165, 1.54) is 0 Å². The molecule has 0 radical (unpaired) electrons. The number of likely N-dealkylation sites (tertiary alicyclic amines) is 1. The topological polar surface area (TPSA) is 66.0 Å². The highest BCUT2D eigenvalue weighted by atomic mass is 16.2. The Balaban J connectivity index is 1.58. The zero-order valence-corrected chi connectivity index (χ0v) is 13.3. The van der Waals surface area contributed by atoms with Crippen LogP contribution in [0.4, 0.5) is 5.69 Å². The van der Waals surface area contributed by atoms with Gasteiger partial charge in [0, 0.05) is 31.6 Å². The fourth-order valence-electron chi connectivity index (χ4n) is 2.73. The summed E-state index contributed by atoms with van der Waals surface area (Å²) in [6.45, 7) is 4.77. The van der Waals surface area contributed by atoms with E-state index in [0.29, 0.717) is 12.8 Å². The van der Waals surface area contributed by atoms with Gasteiger partial charge in [-0.05, 0) is 25.5 Å². The Labute approximate surface area is 132 Å². The smallest absolute Gasteiger partial charge is 0.230 e. The normalized spacial score (nSPS) is 15.9. The number of anilines is 1. The van der Waals surface area contributed by atoms with Gasteiger partial charge in [0.1, 0.15) is 0 Å². The van der Waals surface area contributed by atoms with Gasteiger partial charge >= 0.3 is 0 Å². The number of benzene rings is 1. The summed E-state index contributed by atoms with van der Waals surface area (Å²) >= 11 is 0. The van der Waals surface area contributed by atoms with Gasteiger partial charge in [-0.3, -0.25) is 9.59 Å². The highest BCUT2D eigenvalue weighted by Crippen LogP contribution is 2.09. The zero-order chi connectivity index (χ0) is 15.8. The molecule has 22 heavy (non-hydrogen) atoms. The molecule has 120 valence electrons. The van der Waals surface area contributed by atoms with Crippen molar-refractivity contribution in [1.29, 1.82) is 0 Å². The monoisotopic (exact) mass is 304 g/mol. The number of carbonyl (C=O) groups is 2. The fourth-order valence-corrected chi connectivity index (χ4v) is 2.73. The Morgan fingerprint density at radius 2 is 2.14 bits per heavy atom. The largest absolute Gasteiger partial charge is 0.344 e. The third kappa shape index (κ3) is 5.48. The maximum absolute atomic E-state index is 11.9. The summed E-state index contributed by atoms with van der Waals surface area (Å²) in [7, 11) is 0. The van der Waals surface area contributed by atoms with Crippen molar-refractivity contribution in [2.75, 3.05) is 25.0 Å². The number of para-hydroxylation sites is 1. The van der Waals surface area contributed by atoms with E-state index in [1.54, 1.807) is 0 Å². The number of nitrogens with two attached hydrogens (primary N) is 1. The number of nitrogens with zero attached hydrogens (tertiary/aromatic N) is 1. The van der Waals surface area contributed by atoms with Crippen LogP contribution >= 0.6 is 0 Å². The lowest BCUT2D eigenvalue weighted by atomic mass is 10.2. The molecule has 1 aromatic rings. The van der Waals surface area contributed by atoms with Gasteiger partial charge in [-0.1, -0.05) is 18.2 Å².